The third kappa shape index (κ3) is 9.75. The van der Waals surface area contributed by atoms with E-state index < -0.39 is 0 Å². The molecule has 0 atom stereocenters. The number of nitrogens with zero attached hydrogens (tertiary/aromatic N) is 2. The number of carbonyl (C=O) groups excluding carboxylic acids is 4. The van der Waals surface area contributed by atoms with Gasteiger partial charge in [0.15, 0.2) is 23.1 Å². The van der Waals surface area contributed by atoms with Gasteiger partial charge < -0.3 is 20.0 Å². The van der Waals surface area contributed by atoms with Crippen LogP contribution >= 0.6 is 0 Å². The molecule has 4 aromatic rings. The van der Waals surface area contributed by atoms with Gasteiger partial charge in [0.2, 0.25) is 0 Å². The third-order valence-corrected chi connectivity index (χ3v) is 9.71. The minimum absolute atomic E-state index is 0.102. The summed E-state index contributed by atoms with van der Waals surface area (Å²) in [6, 6.07) is 23.6. The lowest BCUT2D eigenvalue weighted by molar-refractivity contribution is 0.0960. The summed E-state index contributed by atoms with van der Waals surface area (Å²) in [7, 11) is 0. The van der Waals surface area contributed by atoms with Crippen LogP contribution in [0.15, 0.2) is 84.9 Å². The molecule has 0 saturated heterocycles. The zero-order chi connectivity index (χ0) is 37.6. The highest BCUT2D eigenvalue weighted by atomic mass is 16.3. The number of carbonyl (C=O) groups is 4. The number of anilines is 2. The lowest BCUT2D eigenvalue weighted by atomic mass is 9.93. The van der Waals surface area contributed by atoms with Crippen LogP contribution < -0.4 is 9.80 Å². The SMILES string of the molecule is CCN(CC)c1ccc(C(=O)c2ccccc2C(=O)CCCCCCCCC(=O)c2ccccc2C(=O)c2ccc(N(CC)CC)cc2O)c(O)c1. The van der Waals surface area contributed by atoms with E-state index in [2.05, 4.69) is 9.80 Å². The van der Waals surface area contributed by atoms with Crippen molar-refractivity contribution in [2.45, 2.75) is 79.1 Å². The normalized spacial score (nSPS) is 10.9. The number of hydrogen-bond acceptors (Lipinski definition) is 8. The van der Waals surface area contributed by atoms with Crippen LogP contribution in [0.4, 0.5) is 11.4 Å². The van der Waals surface area contributed by atoms with Crippen molar-refractivity contribution in [1.29, 1.82) is 0 Å². The van der Waals surface area contributed by atoms with Crippen LogP contribution in [0, 0.1) is 0 Å². The van der Waals surface area contributed by atoms with Crippen LogP contribution in [0.5, 0.6) is 11.5 Å². The average molecular weight is 705 g/mol. The molecule has 0 saturated carbocycles. The van der Waals surface area contributed by atoms with Gasteiger partial charge >= 0.3 is 0 Å². The Morgan fingerprint density at radius 1 is 0.442 bits per heavy atom. The number of Topliss-reactive ketones (excluding diaryl/α,β-unsaturated/α-hetero) is 2. The highest BCUT2D eigenvalue weighted by Crippen LogP contribution is 2.30. The highest BCUT2D eigenvalue weighted by molar-refractivity contribution is 6.17. The number of phenols is 2. The maximum absolute atomic E-state index is 13.4. The monoisotopic (exact) mass is 704 g/mol. The molecule has 0 aromatic heterocycles. The molecule has 0 spiro atoms. The predicted molar refractivity (Wildman–Crippen MR) is 209 cm³/mol. The van der Waals surface area contributed by atoms with Crippen molar-refractivity contribution in [3.63, 3.8) is 0 Å². The van der Waals surface area contributed by atoms with Gasteiger partial charge in [0.1, 0.15) is 11.5 Å². The van der Waals surface area contributed by atoms with Crippen LogP contribution in [0.3, 0.4) is 0 Å². The van der Waals surface area contributed by atoms with Crippen molar-refractivity contribution in [3.8, 4) is 11.5 Å². The molecule has 8 heteroatoms. The minimum atomic E-state index is -0.378. The summed E-state index contributed by atoms with van der Waals surface area (Å²) >= 11 is 0. The lowest BCUT2D eigenvalue weighted by Gasteiger charge is -2.21. The number of ketones is 4. The minimum Gasteiger partial charge on any atom is -0.507 e. The molecule has 0 aliphatic rings. The van der Waals surface area contributed by atoms with E-state index in [9.17, 15) is 29.4 Å². The summed E-state index contributed by atoms with van der Waals surface area (Å²) in [6.45, 7) is 11.2. The molecule has 0 unspecified atom stereocenters. The third-order valence-electron chi connectivity index (χ3n) is 9.71. The van der Waals surface area contributed by atoms with Gasteiger partial charge in [0, 0.05) is 84.8 Å². The molecule has 274 valence electrons. The Bertz CT molecular complexity index is 1720. The average Bonchev–Trinajstić information content (AvgIpc) is 3.16. The maximum Gasteiger partial charge on any atom is 0.197 e. The summed E-state index contributed by atoms with van der Waals surface area (Å²) in [5.41, 5.74) is 3.32. The van der Waals surface area contributed by atoms with Gasteiger partial charge in [-0.2, -0.15) is 0 Å². The summed E-state index contributed by atoms with van der Waals surface area (Å²) in [5.74, 6) is -1.17. The molecule has 4 rings (SSSR count). The first kappa shape index (κ1) is 39.5. The number of unbranched alkanes of at least 4 members (excludes halogenated alkanes) is 5. The molecule has 0 amide bonds. The van der Waals surface area contributed by atoms with E-state index in [0.29, 0.717) is 36.8 Å². The molecular formula is C44H52N2O6. The summed E-state index contributed by atoms with van der Waals surface area (Å²) in [6.07, 6.45) is 5.50. The Labute approximate surface area is 308 Å². The maximum atomic E-state index is 13.4. The van der Waals surface area contributed by atoms with E-state index in [0.717, 1.165) is 63.2 Å². The summed E-state index contributed by atoms with van der Waals surface area (Å²) < 4.78 is 0. The fraction of sp³-hybridized carbons (Fsp3) is 0.364. The van der Waals surface area contributed by atoms with Gasteiger partial charge in [-0.05, 0) is 64.8 Å². The van der Waals surface area contributed by atoms with E-state index in [-0.39, 0.29) is 56.9 Å². The molecule has 8 nitrogen and oxygen atoms in total. The Morgan fingerprint density at radius 3 is 1.10 bits per heavy atom. The van der Waals surface area contributed by atoms with Crippen molar-refractivity contribution in [3.05, 3.63) is 118 Å². The fourth-order valence-electron chi connectivity index (χ4n) is 6.68. The number of benzene rings is 4. The number of rotatable bonds is 21. The second kappa shape index (κ2) is 19.4. The molecule has 0 radical (unpaired) electrons. The van der Waals surface area contributed by atoms with Gasteiger partial charge in [-0.1, -0.05) is 74.2 Å². The van der Waals surface area contributed by atoms with Gasteiger partial charge in [-0.15, -0.1) is 0 Å². The van der Waals surface area contributed by atoms with Crippen LogP contribution in [0.1, 0.15) is 132 Å². The van der Waals surface area contributed by atoms with Crippen molar-refractivity contribution in [1.82, 2.24) is 0 Å². The zero-order valence-electron chi connectivity index (χ0n) is 31.0. The number of phenolic OH excluding ortho intramolecular Hbond substituents is 2. The van der Waals surface area contributed by atoms with E-state index in [1.807, 2.05) is 39.8 Å². The van der Waals surface area contributed by atoms with E-state index >= 15 is 0 Å². The summed E-state index contributed by atoms with van der Waals surface area (Å²) in [5, 5.41) is 21.4. The van der Waals surface area contributed by atoms with E-state index in [4.69, 9.17) is 0 Å². The molecule has 0 heterocycles. The Hall–Kier alpha value is -5.24. The largest absolute Gasteiger partial charge is 0.507 e. The molecule has 0 bridgehead atoms. The smallest absolute Gasteiger partial charge is 0.197 e. The Balaban J connectivity index is 1.24. The van der Waals surface area contributed by atoms with Crippen molar-refractivity contribution < 1.29 is 29.4 Å². The van der Waals surface area contributed by atoms with Crippen LogP contribution in [-0.4, -0.2) is 59.5 Å². The highest BCUT2D eigenvalue weighted by Gasteiger charge is 2.22. The number of hydrogen-bond donors (Lipinski definition) is 2. The number of aromatic hydroxyl groups is 2. The van der Waals surface area contributed by atoms with Gasteiger partial charge in [-0.25, -0.2) is 0 Å². The lowest BCUT2D eigenvalue weighted by Crippen LogP contribution is -2.21. The van der Waals surface area contributed by atoms with Crippen molar-refractivity contribution in [2.24, 2.45) is 0 Å². The first-order valence-electron chi connectivity index (χ1n) is 18.6. The molecule has 4 aromatic carbocycles. The summed E-state index contributed by atoms with van der Waals surface area (Å²) in [4.78, 5) is 57.4. The Morgan fingerprint density at radius 2 is 0.769 bits per heavy atom. The van der Waals surface area contributed by atoms with Gasteiger partial charge in [0.25, 0.3) is 0 Å². The Kier molecular flexibility index (Phi) is 14.7. The zero-order valence-corrected chi connectivity index (χ0v) is 31.0. The van der Waals surface area contributed by atoms with Crippen molar-refractivity contribution >= 4 is 34.5 Å². The second-order valence-corrected chi connectivity index (χ2v) is 13.0. The van der Waals surface area contributed by atoms with Gasteiger partial charge in [-0.3, -0.25) is 19.2 Å². The van der Waals surface area contributed by atoms with Crippen LogP contribution in [0.2, 0.25) is 0 Å². The first-order valence-corrected chi connectivity index (χ1v) is 18.6. The second-order valence-electron chi connectivity index (χ2n) is 13.0. The van der Waals surface area contributed by atoms with Crippen molar-refractivity contribution in [2.75, 3.05) is 36.0 Å². The predicted octanol–water partition coefficient (Wildman–Crippen LogP) is 9.44. The topological polar surface area (TPSA) is 115 Å². The molecule has 0 aliphatic carbocycles. The standard InChI is InChI=1S/C44H52N2O6/c1-5-45(6-2)31-25-27-37(41(49)29-31)43(51)35-21-17-15-19-33(35)39(47)23-13-11-9-10-12-14-24-40(48)34-20-16-18-22-36(34)44(52)38-28-26-32(30-42(38)50)46(7-3)8-4/h15-22,25-30,49-50H,5-14,23-24H2,1-4H3. The van der Waals surface area contributed by atoms with E-state index in [1.165, 1.54) is 0 Å². The molecule has 2 N–H and O–H groups in total. The molecular weight excluding hydrogens is 652 g/mol. The first-order chi connectivity index (χ1) is 25.1. The quantitative estimate of drug-likeness (QED) is 0.0651. The van der Waals surface area contributed by atoms with E-state index in [1.54, 1.807) is 72.8 Å². The van der Waals surface area contributed by atoms with Crippen LogP contribution in [-0.2, 0) is 0 Å². The van der Waals surface area contributed by atoms with Gasteiger partial charge in [0.05, 0.1) is 11.1 Å². The fourth-order valence-corrected chi connectivity index (χ4v) is 6.68. The van der Waals surface area contributed by atoms with Crippen LogP contribution in [0.25, 0.3) is 0 Å². The molecule has 0 fully saturated rings. The molecule has 52 heavy (non-hydrogen) atoms. The molecule has 0 aliphatic heterocycles.